The van der Waals surface area contributed by atoms with Crippen molar-refractivity contribution in [2.75, 3.05) is 26.2 Å². The molecular weight excluding hydrogens is 324 g/mol. The molecule has 0 radical (unpaired) electrons. The second-order valence-corrected chi connectivity index (χ2v) is 5.86. The number of carbonyl (C=O) groups is 1. The molecule has 1 amide bonds. The highest BCUT2D eigenvalue weighted by atomic mass is 19.1. The summed E-state index contributed by atoms with van der Waals surface area (Å²) < 4.78 is 27.7. The van der Waals surface area contributed by atoms with Crippen molar-refractivity contribution in [3.05, 3.63) is 71.3 Å². The summed E-state index contributed by atoms with van der Waals surface area (Å²) in [5.41, 5.74) is 0.376. The van der Waals surface area contributed by atoms with Crippen molar-refractivity contribution < 1.29 is 13.6 Å². The van der Waals surface area contributed by atoms with Crippen LogP contribution in [0, 0.1) is 23.0 Å². The molecule has 1 aliphatic heterocycles. The standard InChI is InChI=1S/C19H17F2N3O/c20-16-7-3-1-5-14(16)18(13-22)23-9-11-24(12-10-23)19(25)15-6-2-4-8-17(15)21/h1-8,18H,9-12H2. The van der Waals surface area contributed by atoms with E-state index < -0.39 is 17.7 Å². The van der Waals surface area contributed by atoms with Gasteiger partial charge in [0.1, 0.15) is 17.7 Å². The fourth-order valence-electron chi connectivity index (χ4n) is 3.03. The second kappa shape index (κ2) is 7.41. The molecule has 1 unspecified atom stereocenters. The minimum atomic E-state index is -0.702. The number of amides is 1. The maximum atomic E-state index is 14.0. The number of hydrogen-bond donors (Lipinski definition) is 0. The summed E-state index contributed by atoms with van der Waals surface area (Å²) in [6.07, 6.45) is 0. The van der Waals surface area contributed by atoms with Crippen LogP contribution in [0.5, 0.6) is 0 Å². The van der Waals surface area contributed by atoms with Gasteiger partial charge in [-0.25, -0.2) is 8.78 Å². The van der Waals surface area contributed by atoms with Gasteiger partial charge in [-0.3, -0.25) is 9.69 Å². The normalized spacial score (nSPS) is 16.3. The third-order valence-corrected chi connectivity index (χ3v) is 4.39. The number of halogens is 2. The van der Waals surface area contributed by atoms with Gasteiger partial charge in [0.05, 0.1) is 11.6 Å². The van der Waals surface area contributed by atoms with Gasteiger partial charge in [-0.1, -0.05) is 30.3 Å². The summed E-state index contributed by atoms with van der Waals surface area (Å²) in [7, 11) is 0. The summed E-state index contributed by atoms with van der Waals surface area (Å²) in [4.78, 5) is 15.8. The Labute approximate surface area is 144 Å². The lowest BCUT2D eigenvalue weighted by molar-refractivity contribution is 0.0600. The van der Waals surface area contributed by atoms with Gasteiger partial charge in [-0.05, 0) is 18.2 Å². The largest absolute Gasteiger partial charge is 0.336 e. The predicted octanol–water partition coefficient (Wildman–Crippen LogP) is 2.99. The lowest BCUT2D eigenvalue weighted by Crippen LogP contribution is -2.49. The van der Waals surface area contributed by atoms with Crippen LogP contribution in [0.2, 0.25) is 0 Å². The molecule has 1 aliphatic rings. The molecule has 6 heteroatoms. The SMILES string of the molecule is N#CC(c1ccccc1F)N1CCN(C(=O)c2ccccc2F)CC1. The molecule has 4 nitrogen and oxygen atoms in total. The molecule has 0 aliphatic carbocycles. The molecule has 2 aromatic carbocycles. The van der Waals surface area contributed by atoms with Gasteiger partial charge in [0, 0.05) is 31.7 Å². The number of piperazine rings is 1. The minimum absolute atomic E-state index is 0.0434. The molecule has 1 atom stereocenters. The van der Waals surface area contributed by atoms with Crippen molar-refractivity contribution in [3.8, 4) is 6.07 Å². The maximum absolute atomic E-state index is 14.0. The van der Waals surface area contributed by atoms with E-state index in [1.807, 2.05) is 4.90 Å². The van der Waals surface area contributed by atoms with E-state index in [0.29, 0.717) is 31.7 Å². The van der Waals surface area contributed by atoms with Crippen LogP contribution in [-0.2, 0) is 0 Å². The Balaban J connectivity index is 1.69. The van der Waals surface area contributed by atoms with E-state index in [1.165, 1.54) is 24.3 Å². The van der Waals surface area contributed by atoms with Gasteiger partial charge in [0.25, 0.3) is 5.91 Å². The zero-order chi connectivity index (χ0) is 17.8. The van der Waals surface area contributed by atoms with Crippen LogP contribution >= 0.6 is 0 Å². The molecule has 0 saturated carbocycles. The lowest BCUT2D eigenvalue weighted by atomic mass is 10.0. The van der Waals surface area contributed by atoms with E-state index in [1.54, 1.807) is 29.2 Å². The Morgan fingerprint density at radius 2 is 1.56 bits per heavy atom. The zero-order valence-electron chi connectivity index (χ0n) is 13.5. The number of nitriles is 1. The van der Waals surface area contributed by atoms with Crippen LogP contribution in [-0.4, -0.2) is 41.9 Å². The first-order chi connectivity index (χ1) is 12.1. The van der Waals surface area contributed by atoms with Gasteiger partial charge < -0.3 is 4.90 Å². The van der Waals surface area contributed by atoms with Crippen LogP contribution in [0.25, 0.3) is 0 Å². The van der Waals surface area contributed by atoms with Crippen molar-refractivity contribution in [3.63, 3.8) is 0 Å². The van der Waals surface area contributed by atoms with Crippen LogP contribution < -0.4 is 0 Å². The van der Waals surface area contributed by atoms with Gasteiger partial charge >= 0.3 is 0 Å². The second-order valence-electron chi connectivity index (χ2n) is 5.86. The van der Waals surface area contributed by atoms with Crippen LogP contribution in [0.4, 0.5) is 8.78 Å². The van der Waals surface area contributed by atoms with E-state index in [-0.39, 0.29) is 11.5 Å². The average molecular weight is 341 g/mol. The molecule has 3 rings (SSSR count). The molecule has 2 aromatic rings. The van der Waals surface area contributed by atoms with Crippen LogP contribution in [0.15, 0.2) is 48.5 Å². The first-order valence-corrected chi connectivity index (χ1v) is 8.03. The summed E-state index contributed by atoms with van der Waals surface area (Å²) in [6, 6.07) is 13.5. The van der Waals surface area contributed by atoms with Crippen molar-refractivity contribution in [1.82, 2.24) is 9.80 Å². The molecule has 1 heterocycles. The third kappa shape index (κ3) is 3.52. The highest BCUT2D eigenvalue weighted by molar-refractivity contribution is 5.94. The van der Waals surface area contributed by atoms with Crippen molar-refractivity contribution in [2.45, 2.75) is 6.04 Å². The van der Waals surface area contributed by atoms with E-state index in [0.717, 1.165) is 0 Å². The molecule has 0 bridgehead atoms. The molecule has 128 valence electrons. The molecular formula is C19H17F2N3O. The molecule has 1 saturated heterocycles. The topological polar surface area (TPSA) is 47.3 Å². The lowest BCUT2D eigenvalue weighted by Gasteiger charge is -2.37. The van der Waals surface area contributed by atoms with E-state index >= 15 is 0 Å². The van der Waals surface area contributed by atoms with Gasteiger partial charge in [-0.15, -0.1) is 0 Å². The summed E-state index contributed by atoms with van der Waals surface area (Å²) >= 11 is 0. The van der Waals surface area contributed by atoms with E-state index in [4.69, 9.17) is 0 Å². The maximum Gasteiger partial charge on any atom is 0.256 e. The molecule has 0 spiro atoms. The van der Waals surface area contributed by atoms with Gasteiger partial charge in [-0.2, -0.15) is 5.26 Å². The van der Waals surface area contributed by atoms with Crippen LogP contribution in [0.1, 0.15) is 22.0 Å². The highest BCUT2D eigenvalue weighted by Gasteiger charge is 2.29. The molecule has 0 aromatic heterocycles. The Morgan fingerprint density at radius 3 is 2.16 bits per heavy atom. The zero-order valence-corrected chi connectivity index (χ0v) is 13.5. The summed E-state index contributed by atoms with van der Waals surface area (Å²) in [6.45, 7) is 1.57. The molecule has 25 heavy (non-hydrogen) atoms. The first kappa shape index (κ1) is 17.1. The number of rotatable bonds is 3. The smallest absolute Gasteiger partial charge is 0.256 e. The van der Waals surface area contributed by atoms with Crippen molar-refractivity contribution >= 4 is 5.91 Å². The molecule has 0 N–H and O–H groups in total. The van der Waals surface area contributed by atoms with Gasteiger partial charge in [0.2, 0.25) is 0 Å². The Kier molecular flexibility index (Phi) is 5.05. The number of carbonyl (C=O) groups excluding carboxylic acids is 1. The Morgan fingerprint density at radius 1 is 0.960 bits per heavy atom. The Hall–Kier alpha value is -2.78. The van der Waals surface area contributed by atoms with Crippen molar-refractivity contribution in [2.24, 2.45) is 0 Å². The average Bonchev–Trinajstić information content (AvgIpc) is 2.64. The van der Waals surface area contributed by atoms with Gasteiger partial charge in [0.15, 0.2) is 0 Å². The number of benzene rings is 2. The summed E-state index contributed by atoms with van der Waals surface area (Å²) in [5.74, 6) is -1.33. The fourth-order valence-corrected chi connectivity index (χ4v) is 3.03. The quantitative estimate of drug-likeness (QED) is 0.862. The van der Waals surface area contributed by atoms with E-state index in [2.05, 4.69) is 6.07 Å². The highest BCUT2D eigenvalue weighted by Crippen LogP contribution is 2.24. The first-order valence-electron chi connectivity index (χ1n) is 8.03. The third-order valence-electron chi connectivity index (χ3n) is 4.39. The summed E-state index contributed by atoms with van der Waals surface area (Å²) in [5, 5.41) is 9.46. The minimum Gasteiger partial charge on any atom is -0.336 e. The molecule has 1 fully saturated rings. The van der Waals surface area contributed by atoms with E-state index in [9.17, 15) is 18.8 Å². The van der Waals surface area contributed by atoms with Crippen LogP contribution in [0.3, 0.4) is 0 Å². The Bertz CT molecular complexity index is 810. The number of nitrogens with zero attached hydrogens (tertiary/aromatic N) is 3. The predicted molar refractivity (Wildman–Crippen MR) is 88.6 cm³/mol. The monoisotopic (exact) mass is 341 g/mol. The van der Waals surface area contributed by atoms with Crippen molar-refractivity contribution in [1.29, 1.82) is 5.26 Å². The fraction of sp³-hybridized carbons (Fsp3) is 0.263. The number of hydrogen-bond acceptors (Lipinski definition) is 3.